The lowest BCUT2D eigenvalue weighted by Crippen LogP contribution is -2.43. The maximum Gasteiger partial charge on any atom is 0.345 e. The highest BCUT2D eigenvalue weighted by atomic mass is 28.4. The van der Waals surface area contributed by atoms with Gasteiger partial charge in [-0.05, 0) is 62.5 Å². The van der Waals surface area contributed by atoms with Gasteiger partial charge < -0.3 is 18.6 Å². The summed E-state index contributed by atoms with van der Waals surface area (Å²) in [5.41, 5.74) is 1.10. The Bertz CT molecular complexity index is 1110. The van der Waals surface area contributed by atoms with E-state index < -0.39 is 8.32 Å². The summed E-state index contributed by atoms with van der Waals surface area (Å²) in [6.07, 6.45) is 2.67. The monoisotopic (exact) mass is 527 g/mol. The normalized spacial score (nSPS) is 23.8. The van der Waals surface area contributed by atoms with Crippen LogP contribution in [-0.4, -0.2) is 72.6 Å². The Morgan fingerprint density at radius 3 is 2.51 bits per heavy atom. The van der Waals surface area contributed by atoms with Crippen molar-refractivity contribution in [2.24, 2.45) is 5.41 Å². The van der Waals surface area contributed by atoms with Crippen molar-refractivity contribution in [3.05, 3.63) is 47.7 Å². The molecule has 2 aliphatic heterocycles. The Morgan fingerprint density at radius 2 is 1.89 bits per heavy atom. The molecule has 2 aromatic rings. The Hall–Kier alpha value is -2.27. The average Bonchev–Trinajstić information content (AvgIpc) is 3.30. The standard InChI is InChI=1S/C27H41N5O4Si/c1-26(2,3)37(6,7)36-21(16-30(4)5)24-29-28-23(35-24)20-15-27(13-14-27)22-17-31(20)25(33)32(22)34-18-19-11-9-8-10-12-19/h8-12,20-22H,13-18H2,1-7H3/t20-,21?,22-/m0/s1. The first kappa shape index (κ1) is 26.3. The molecule has 37 heavy (non-hydrogen) atoms. The van der Waals surface area contributed by atoms with E-state index in [9.17, 15) is 4.79 Å². The van der Waals surface area contributed by atoms with E-state index in [1.807, 2.05) is 49.3 Å². The van der Waals surface area contributed by atoms with Crippen LogP contribution in [0.5, 0.6) is 0 Å². The van der Waals surface area contributed by atoms with E-state index in [4.69, 9.17) is 13.7 Å². The summed E-state index contributed by atoms with van der Waals surface area (Å²) in [6.45, 7) is 12.8. The third-order valence-corrected chi connectivity index (χ3v) is 13.2. The number of hydrogen-bond donors (Lipinski definition) is 0. The number of likely N-dealkylation sites (N-methyl/N-ethyl adjacent to an activating group) is 1. The lowest BCUT2D eigenvalue weighted by Gasteiger charge is -2.39. The van der Waals surface area contributed by atoms with Gasteiger partial charge >= 0.3 is 6.03 Å². The maximum absolute atomic E-state index is 13.5. The number of fused-ring (bicyclic) bond motifs is 3. The minimum atomic E-state index is -2.07. The molecule has 0 radical (unpaired) electrons. The van der Waals surface area contributed by atoms with Gasteiger partial charge in [-0.15, -0.1) is 10.2 Å². The van der Waals surface area contributed by atoms with Crippen LogP contribution in [0, 0.1) is 5.41 Å². The molecule has 3 fully saturated rings. The fourth-order valence-corrected chi connectivity index (χ4v) is 6.50. The molecule has 1 aromatic heterocycles. The summed E-state index contributed by atoms with van der Waals surface area (Å²) in [5, 5.41) is 10.6. The molecule has 202 valence electrons. The molecule has 9 nitrogen and oxygen atoms in total. The largest absolute Gasteiger partial charge is 0.420 e. The molecule has 0 N–H and O–H groups in total. The Labute approximate surface area is 221 Å². The van der Waals surface area contributed by atoms with Gasteiger partial charge in [-0.1, -0.05) is 51.1 Å². The van der Waals surface area contributed by atoms with E-state index in [1.54, 1.807) is 5.06 Å². The zero-order valence-electron chi connectivity index (χ0n) is 23.2. The molecular weight excluding hydrogens is 486 g/mol. The molecule has 1 aliphatic carbocycles. The summed E-state index contributed by atoms with van der Waals surface area (Å²) in [4.78, 5) is 23.5. The van der Waals surface area contributed by atoms with E-state index in [1.165, 1.54) is 0 Å². The highest BCUT2D eigenvalue weighted by Gasteiger charge is 2.64. The molecule has 1 saturated carbocycles. The number of carbonyl (C=O) groups is 1. The van der Waals surface area contributed by atoms with Gasteiger partial charge in [-0.3, -0.25) is 4.84 Å². The third-order valence-electron chi connectivity index (χ3n) is 8.67. The highest BCUT2D eigenvalue weighted by Crippen LogP contribution is 2.61. The average molecular weight is 528 g/mol. The SMILES string of the molecule is CN(C)CC(O[Si](C)(C)C(C)(C)C)c1nnc([C@@H]2CC3(CC3)[C@@H]3CN2C(=O)N3OCc2ccccc2)o1. The molecule has 1 spiro atoms. The van der Waals surface area contributed by atoms with Gasteiger partial charge in [0.05, 0.1) is 6.04 Å². The van der Waals surface area contributed by atoms with Crippen LogP contribution in [0.4, 0.5) is 4.79 Å². The molecule has 1 aromatic carbocycles. The molecule has 3 aliphatic rings. The maximum atomic E-state index is 13.5. The molecule has 5 rings (SSSR count). The van der Waals surface area contributed by atoms with Gasteiger partial charge in [0.15, 0.2) is 8.32 Å². The number of hydroxylamine groups is 2. The Morgan fingerprint density at radius 1 is 1.19 bits per heavy atom. The molecule has 3 atom stereocenters. The van der Waals surface area contributed by atoms with Crippen LogP contribution >= 0.6 is 0 Å². The van der Waals surface area contributed by atoms with Crippen LogP contribution in [-0.2, 0) is 15.9 Å². The second kappa shape index (κ2) is 9.48. The van der Waals surface area contributed by atoms with Crippen molar-refractivity contribution < 1.29 is 18.5 Å². The first-order valence-electron chi connectivity index (χ1n) is 13.3. The number of benzene rings is 1. The molecule has 1 unspecified atom stereocenters. The van der Waals surface area contributed by atoms with E-state index in [0.717, 1.165) is 24.8 Å². The summed E-state index contributed by atoms with van der Waals surface area (Å²) >= 11 is 0. The molecule has 2 saturated heterocycles. The zero-order valence-corrected chi connectivity index (χ0v) is 24.2. The van der Waals surface area contributed by atoms with Crippen molar-refractivity contribution in [1.29, 1.82) is 0 Å². The van der Waals surface area contributed by atoms with Crippen molar-refractivity contribution >= 4 is 14.3 Å². The highest BCUT2D eigenvalue weighted by molar-refractivity contribution is 6.74. The smallest absolute Gasteiger partial charge is 0.345 e. The zero-order chi connectivity index (χ0) is 26.6. The minimum absolute atomic E-state index is 0.0549. The van der Waals surface area contributed by atoms with Crippen molar-refractivity contribution in [3.8, 4) is 0 Å². The van der Waals surface area contributed by atoms with Crippen LogP contribution in [0.25, 0.3) is 0 Å². The van der Waals surface area contributed by atoms with Gasteiger partial charge in [0.1, 0.15) is 18.8 Å². The molecule has 10 heteroatoms. The first-order chi connectivity index (χ1) is 17.4. The number of carbonyl (C=O) groups excluding carboxylic acids is 1. The number of nitrogens with zero attached hydrogens (tertiary/aromatic N) is 5. The van der Waals surface area contributed by atoms with Gasteiger partial charge in [0.2, 0.25) is 11.8 Å². The van der Waals surface area contributed by atoms with Crippen LogP contribution in [0.1, 0.15) is 69.5 Å². The lowest BCUT2D eigenvalue weighted by atomic mass is 9.85. The van der Waals surface area contributed by atoms with Crippen molar-refractivity contribution in [3.63, 3.8) is 0 Å². The first-order valence-corrected chi connectivity index (χ1v) is 16.2. The van der Waals surface area contributed by atoms with Gasteiger partial charge in [0, 0.05) is 13.1 Å². The summed E-state index contributed by atoms with van der Waals surface area (Å²) < 4.78 is 13.0. The number of aromatic nitrogens is 2. The number of rotatable bonds is 9. The van der Waals surface area contributed by atoms with Gasteiger partial charge in [-0.2, -0.15) is 5.06 Å². The van der Waals surface area contributed by atoms with E-state index >= 15 is 0 Å². The number of amides is 2. The van der Waals surface area contributed by atoms with Crippen LogP contribution < -0.4 is 0 Å². The Balaban J connectivity index is 1.35. The van der Waals surface area contributed by atoms with Crippen LogP contribution in [0.15, 0.2) is 34.7 Å². The van der Waals surface area contributed by atoms with E-state index in [0.29, 0.717) is 31.5 Å². The fourth-order valence-electron chi connectivity index (χ4n) is 5.26. The van der Waals surface area contributed by atoms with E-state index in [2.05, 4.69) is 49.0 Å². The molecular formula is C27H41N5O4Si. The summed E-state index contributed by atoms with van der Waals surface area (Å²) in [5.74, 6) is 0.991. The topological polar surface area (TPSA) is 84.2 Å². The predicted molar refractivity (Wildman–Crippen MR) is 142 cm³/mol. The predicted octanol–water partition coefficient (Wildman–Crippen LogP) is 5.16. The molecule has 2 bridgehead atoms. The summed E-state index contributed by atoms with van der Waals surface area (Å²) in [6, 6.07) is 9.67. The minimum Gasteiger partial charge on any atom is -0.420 e. The van der Waals surface area contributed by atoms with E-state index in [-0.39, 0.29) is 34.7 Å². The number of urea groups is 1. The second-order valence-corrected chi connectivity index (χ2v) is 17.5. The van der Waals surface area contributed by atoms with Crippen molar-refractivity contribution in [2.45, 2.75) is 83.0 Å². The molecule has 3 heterocycles. The third kappa shape index (κ3) is 5.08. The van der Waals surface area contributed by atoms with Crippen LogP contribution in [0.3, 0.4) is 0 Å². The second-order valence-electron chi connectivity index (χ2n) is 12.7. The summed E-state index contributed by atoms with van der Waals surface area (Å²) in [7, 11) is 1.96. The number of hydrogen-bond acceptors (Lipinski definition) is 7. The van der Waals surface area contributed by atoms with Crippen LogP contribution in [0.2, 0.25) is 18.1 Å². The van der Waals surface area contributed by atoms with Crippen molar-refractivity contribution in [2.75, 3.05) is 27.2 Å². The Kier molecular flexibility index (Phi) is 6.75. The quantitative estimate of drug-likeness (QED) is 0.417. The van der Waals surface area contributed by atoms with Gasteiger partial charge in [-0.25, -0.2) is 4.79 Å². The lowest BCUT2D eigenvalue weighted by molar-refractivity contribution is -0.153. The number of piperidine rings is 1. The molecule has 2 amide bonds. The van der Waals surface area contributed by atoms with Gasteiger partial charge in [0.25, 0.3) is 0 Å². The fraction of sp³-hybridized carbons (Fsp3) is 0.667. The van der Waals surface area contributed by atoms with Crippen molar-refractivity contribution in [1.82, 2.24) is 25.1 Å².